The average Bonchev–Trinajstić information content (AvgIpc) is 2.70. The van der Waals surface area contributed by atoms with Crippen LogP contribution in [-0.2, 0) is 14.6 Å². The molecule has 0 aliphatic carbocycles. The fraction of sp³-hybridized carbons (Fsp3) is 1.00. The summed E-state index contributed by atoms with van der Waals surface area (Å²) in [6.07, 6.45) is 2.14. The Morgan fingerprint density at radius 1 is 1.56 bits per heavy atom. The van der Waals surface area contributed by atoms with Crippen LogP contribution in [0.1, 0.15) is 13.3 Å². The molecule has 2 N–H and O–H groups in total. The second kappa shape index (κ2) is 5.28. The second-order valence-corrected chi connectivity index (χ2v) is 8.48. The zero-order valence-corrected chi connectivity index (χ0v) is 12.6. The molecule has 0 amide bonds. The van der Waals surface area contributed by atoms with Crippen LogP contribution in [-0.4, -0.2) is 67.8 Å². The Hall–Kier alpha value is 0.180. The zero-order chi connectivity index (χ0) is 13.4. The summed E-state index contributed by atoms with van der Waals surface area (Å²) >= 11 is 1.70. The van der Waals surface area contributed by atoms with Crippen molar-refractivity contribution >= 4 is 21.6 Å². The minimum absolute atomic E-state index is 0.00477. The molecule has 0 radical (unpaired) electrons. The maximum atomic E-state index is 12.0. The Kier molecular flexibility index (Phi) is 4.28. The fourth-order valence-corrected chi connectivity index (χ4v) is 5.91. The van der Waals surface area contributed by atoms with E-state index in [4.69, 9.17) is 10.5 Å². The van der Waals surface area contributed by atoms with Crippen molar-refractivity contribution < 1.29 is 13.2 Å². The zero-order valence-electron chi connectivity index (χ0n) is 11.0. The molecule has 2 heterocycles. The van der Waals surface area contributed by atoms with Crippen LogP contribution in [0.5, 0.6) is 0 Å². The molecule has 0 bridgehead atoms. The molecule has 0 spiro atoms. The number of sulfone groups is 1. The van der Waals surface area contributed by atoms with Crippen LogP contribution in [0.15, 0.2) is 0 Å². The summed E-state index contributed by atoms with van der Waals surface area (Å²) in [6.45, 7) is 3.89. The van der Waals surface area contributed by atoms with Crippen molar-refractivity contribution in [1.29, 1.82) is 0 Å². The molecule has 7 heteroatoms. The van der Waals surface area contributed by atoms with Crippen molar-refractivity contribution in [3.05, 3.63) is 0 Å². The summed E-state index contributed by atoms with van der Waals surface area (Å²) in [5.74, 6) is 1.59. The number of thioether (sulfide) groups is 1. The van der Waals surface area contributed by atoms with Crippen LogP contribution in [0.25, 0.3) is 0 Å². The minimum atomic E-state index is -3.09. The monoisotopic (exact) mass is 294 g/mol. The van der Waals surface area contributed by atoms with Gasteiger partial charge < -0.3 is 10.5 Å². The lowest BCUT2D eigenvalue weighted by Gasteiger charge is -2.48. The van der Waals surface area contributed by atoms with Gasteiger partial charge >= 0.3 is 0 Å². The summed E-state index contributed by atoms with van der Waals surface area (Å²) in [5, 5.41) is -0.427. The topological polar surface area (TPSA) is 72.6 Å². The molecule has 5 nitrogen and oxygen atoms in total. The van der Waals surface area contributed by atoms with Gasteiger partial charge in [-0.25, -0.2) is 8.42 Å². The normalized spacial score (nSPS) is 39.1. The number of hydrogen-bond acceptors (Lipinski definition) is 6. The summed E-state index contributed by atoms with van der Waals surface area (Å²) in [4.78, 5) is 2.09. The van der Waals surface area contributed by atoms with Gasteiger partial charge in [-0.1, -0.05) is 0 Å². The van der Waals surface area contributed by atoms with E-state index in [1.54, 1.807) is 11.8 Å². The molecule has 2 aliphatic heterocycles. The Morgan fingerprint density at radius 2 is 2.28 bits per heavy atom. The molecule has 0 aromatic heterocycles. The lowest BCUT2D eigenvalue weighted by molar-refractivity contribution is 0.0119. The Bertz CT molecular complexity index is 401. The van der Waals surface area contributed by atoms with E-state index < -0.39 is 15.2 Å². The SMILES string of the molecule is CC1OCCC1(CN)N1CCSCC1S(C)(=O)=O. The van der Waals surface area contributed by atoms with Gasteiger partial charge in [-0.15, -0.1) is 0 Å². The Morgan fingerprint density at radius 3 is 2.78 bits per heavy atom. The molecule has 2 rings (SSSR count). The Labute approximate surface area is 113 Å². The van der Waals surface area contributed by atoms with E-state index in [0.717, 1.165) is 18.7 Å². The van der Waals surface area contributed by atoms with Crippen LogP contribution in [0.4, 0.5) is 0 Å². The van der Waals surface area contributed by atoms with Crippen molar-refractivity contribution in [3.63, 3.8) is 0 Å². The van der Waals surface area contributed by atoms with Crippen molar-refractivity contribution in [2.45, 2.75) is 30.4 Å². The molecule has 0 aromatic carbocycles. The van der Waals surface area contributed by atoms with Gasteiger partial charge in [0, 0.05) is 37.5 Å². The summed E-state index contributed by atoms with van der Waals surface area (Å²) in [5.41, 5.74) is 5.66. The standard InChI is InChI=1S/C11H22N2O3S2/c1-9-11(8-12,3-5-16-9)13-4-6-17-7-10(13)18(2,14)15/h9-10H,3-8,12H2,1-2H3. The van der Waals surface area contributed by atoms with Crippen LogP contribution in [0.3, 0.4) is 0 Å². The maximum absolute atomic E-state index is 12.0. The smallest absolute Gasteiger partial charge is 0.164 e. The molecule has 2 saturated heterocycles. The van der Waals surface area contributed by atoms with E-state index >= 15 is 0 Å². The highest BCUT2D eigenvalue weighted by atomic mass is 32.2. The maximum Gasteiger partial charge on any atom is 0.164 e. The molecular weight excluding hydrogens is 272 g/mol. The third kappa shape index (κ3) is 2.43. The number of hydrogen-bond donors (Lipinski definition) is 1. The summed E-state index contributed by atoms with van der Waals surface area (Å²) < 4.78 is 29.6. The fourth-order valence-electron chi connectivity index (χ4n) is 2.98. The first-order valence-corrected chi connectivity index (χ1v) is 9.38. The van der Waals surface area contributed by atoms with E-state index in [1.165, 1.54) is 6.26 Å². The molecular formula is C11H22N2O3S2. The highest BCUT2D eigenvalue weighted by Gasteiger charge is 2.50. The number of ether oxygens (including phenoxy) is 1. The molecule has 2 aliphatic rings. The summed E-state index contributed by atoms with van der Waals surface area (Å²) in [6, 6.07) is 0. The first-order valence-electron chi connectivity index (χ1n) is 6.27. The predicted octanol–water partition coefficient (Wildman–Crippen LogP) is -0.0878. The van der Waals surface area contributed by atoms with Gasteiger partial charge in [0.2, 0.25) is 0 Å². The summed E-state index contributed by atoms with van der Waals surface area (Å²) in [7, 11) is -3.09. The van der Waals surface area contributed by atoms with Crippen molar-refractivity contribution in [3.8, 4) is 0 Å². The molecule has 2 fully saturated rings. The van der Waals surface area contributed by atoms with Crippen LogP contribution in [0, 0.1) is 0 Å². The minimum Gasteiger partial charge on any atom is -0.376 e. The number of nitrogens with zero attached hydrogens (tertiary/aromatic N) is 1. The molecule has 0 saturated carbocycles. The van der Waals surface area contributed by atoms with E-state index in [0.29, 0.717) is 18.9 Å². The molecule has 18 heavy (non-hydrogen) atoms. The van der Waals surface area contributed by atoms with Gasteiger partial charge in [0.1, 0.15) is 5.37 Å². The van der Waals surface area contributed by atoms with Crippen LogP contribution < -0.4 is 5.73 Å². The van der Waals surface area contributed by atoms with Crippen molar-refractivity contribution in [2.75, 3.05) is 37.5 Å². The van der Waals surface area contributed by atoms with E-state index in [9.17, 15) is 8.42 Å². The molecule has 106 valence electrons. The van der Waals surface area contributed by atoms with Crippen molar-refractivity contribution in [1.82, 2.24) is 4.90 Å². The largest absolute Gasteiger partial charge is 0.376 e. The third-order valence-corrected chi connectivity index (χ3v) is 6.81. The average molecular weight is 294 g/mol. The lowest BCUT2D eigenvalue weighted by atomic mass is 9.89. The van der Waals surface area contributed by atoms with Gasteiger partial charge in [0.15, 0.2) is 9.84 Å². The van der Waals surface area contributed by atoms with Gasteiger partial charge in [-0.2, -0.15) is 11.8 Å². The van der Waals surface area contributed by atoms with Gasteiger partial charge in [0.25, 0.3) is 0 Å². The van der Waals surface area contributed by atoms with E-state index in [2.05, 4.69) is 4.90 Å². The number of nitrogens with two attached hydrogens (primary N) is 1. The predicted molar refractivity (Wildman–Crippen MR) is 74.5 cm³/mol. The molecule has 3 atom stereocenters. The first kappa shape index (κ1) is 14.6. The second-order valence-electron chi connectivity index (χ2n) is 5.12. The van der Waals surface area contributed by atoms with Crippen LogP contribution in [0.2, 0.25) is 0 Å². The lowest BCUT2D eigenvalue weighted by Crippen LogP contribution is -2.65. The highest BCUT2D eigenvalue weighted by Crippen LogP contribution is 2.36. The quantitative estimate of drug-likeness (QED) is 0.784. The molecule has 3 unspecified atom stereocenters. The van der Waals surface area contributed by atoms with Gasteiger partial charge in [0.05, 0.1) is 11.6 Å². The number of rotatable bonds is 3. The van der Waals surface area contributed by atoms with E-state index in [-0.39, 0.29) is 11.6 Å². The highest BCUT2D eigenvalue weighted by molar-refractivity contribution is 8.00. The van der Waals surface area contributed by atoms with E-state index in [1.807, 2.05) is 6.92 Å². The third-order valence-electron chi connectivity index (χ3n) is 4.16. The Balaban J connectivity index is 2.33. The first-order chi connectivity index (χ1) is 8.42. The van der Waals surface area contributed by atoms with Gasteiger partial charge in [-0.3, -0.25) is 4.90 Å². The van der Waals surface area contributed by atoms with Gasteiger partial charge in [-0.05, 0) is 13.3 Å². The van der Waals surface area contributed by atoms with Crippen LogP contribution >= 0.6 is 11.8 Å². The van der Waals surface area contributed by atoms with Crippen molar-refractivity contribution in [2.24, 2.45) is 5.73 Å². The molecule has 0 aromatic rings.